The summed E-state index contributed by atoms with van der Waals surface area (Å²) < 4.78 is 0. The maximum atomic E-state index is 5.10. The van der Waals surface area contributed by atoms with Gasteiger partial charge < -0.3 is 0 Å². The molecule has 4 nitrogen and oxygen atoms in total. The monoisotopic (exact) mass is 520 g/mol. The molecule has 1 unspecified atom stereocenters. The molecule has 0 fully saturated rings. The smallest absolute Gasteiger partial charge is 0.238 e. The van der Waals surface area contributed by atoms with E-state index in [1.807, 2.05) is 19.9 Å². The molecule has 1 aliphatic heterocycles. The van der Waals surface area contributed by atoms with E-state index >= 15 is 0 Å². The molecule has 0 aliphatic carbocycles. The summed E-state index contributed by atoms with van der Waals surface area (Å²) in [7, 11) is 0. The molecule has 4 rings (SSSR count). The van der Waals surface area contributed by atoms with Crippen LogP contribution in [0.4, 0.5) is 5.95 Å². The van der Waals surface area contributed by atoms with Crippen molar-refractivity contribution in [1.29, 1.82) is 0 Å². The largest absolute Gasteiger partial charge is 0.283 e. The second-order valence-electron chi connectivity index (χ2n) is 10.6. The van der Waals surface area contributed by atoms with Crippen LogP contribution in [0.1, 0.15) is 68.0 Å². The van der Waals surface area contributed by atoms with Gasteiger partial charge in [-0.2, -0.15) is 9.97 Å². The van der Waals surface area contributed by atoms with Gasteiger partial charge in [0.2, 0.25) is 5.95 Å². The van der Waals surface area contributed by atoms with Crippen molar-refractivity contribution < 1.29 is 0 Å². The van der Waals surface area contributed by atoms with Crippen LogP contribution in [-0.4, -0.2) is 15.0 Å². The van der Waals surface area contributed by atoms with Gasteiger partial charge >= 0.3 is 0 Å². The normalized spacial score (nSPS) is 15.6. The zero-order valence-corrected chi connectivity index (χ0v) is 25.7. The fourth-order valence-electron chi connectivity index (χ4n) is 5.39. The Bertz CT molecular complexity index is 1360. The number of hydrogen-bond acceptors (Lipinski definition) is 4. The molecule has 3 aromatic rings. The van der Waals surface area contributed by atoms with Crippen molar-refractivity contribution in [3.63, 3.8) is 0 Å². The standard InChI is InChI=1S/C33H38N4.C2H6/c1-11-27-18-22(6)28(13-12-19(2)3)37(27)33-35-31(29-23(7)14-20(4)15-24(29)8)34-32(36-33)30-25(9)16-21(5)17-26(30)10;1-2/h11-18,22H,1H2,2-10H3;1-2H3/b28-13+;. The molecule has 0 saturated carbocycles. The number of aryl methyl sites for hydroxylation is 6. The number of nitrogens with zero attached hydrogens (tertiary/aromatic N) is 4. The van der Waals surface area contributed by atoms with Crippen LogP contribution in [0.2, 0.25) is 0 Å². The van der Waals surface area contributed by atoms with Gasteiger partial charge in [-0.05, 0) is 89.8 Å². The van der Waals surface area contributed by atoms with Crippen LogP contribution in [0.25, 0.3) is 22.8 Å². The topological polar surface area (TPSA) is 41.9 Å². The molecule has 0 amide bonds. The van der Waals surface area contributed by atoms with E-state index in [2.05, 4.69) is 116 Å². The van der Waals surface area contributed by atoms with Crippen molar-refractivity contribution in [3.05, 3.63) is 105 Å². The van der Waals surface area contributed by atoms with Crippen LogP contribution < -0.4 is 4.90 Å². The van der Waals surface area contributed by atoms with Crippen LogP contribution in [0, 0.1) is 47.5 Å². The van der Waals surface area contributed by atoms with Crippen molar-refractivity contribution in [2.75, 3.05) is 4.90 Å². The lowest BCUT2D eigenvalue weighted by Gasteiger charge is -2.24. The molecule has 1 aliphatic rings. The molecular formula is C35H44N4. The maximum Gasteiger partial charge on any atom is 0.238 e. The summed E-state index contributed by atoms with van der Waals surface area (Å²) in [4.78, 5) is 17.4. The molecule has 4 heteroatoms. The average Bonchev–Trinajstić information content (AvgIpc) is 3.17. The predicted molar refractivity (Wildman–Crippen MR) is 168 cm³/mol. The molecule has 2 heterocycles. The first-order chi connectivity index (χ1) is 18.5. The highest BCUT2D eigenvalue weighted by Gasteiger charge is 2.29. The molecule has 39 heavy (non-hydrogen) atoms. The number of rotatable bonds is 5. The second kappa shape index (κ2) is 12.4. The van der Waals surface area contributed by atoms with Crippen LogP contribution >= 0.6 is 0 Å². The minimum Gasteiger partial charge on any atom is -0.283 e. The van der Waals surface area contributed by atoms with Gasteiger partial charge in [-0.25, -0.2) is 4.98 Å². The predicted octanol–water partition coefficient (Wildman–Crippen LogP) is 9.46. The zero-order valence-electron chi connectivity index (χ0n) is 25.7. The second-order valence-corrected chi connectivity index (χ2v) is 10.6. The van der Waals surface area contributed by atoms with Gasteiger partial charge in [0.05, 0.1) is 0 Å². The highest BCUT2D eigenvalue weighted by Crippen LogP contribution is 2.37. The molecule has 0 bridgehead atoms. The highest BCUT2D eigenvalue weighted by molar-refractivity contribution is 5.73. The van der Waals surface area contributed by atoms with Gasteiger partial charge in [-0.15, -0.1) is 0 Å². The maximum absolute atomic E-state index is 5.10. The van der Waals surface area contributed by atoms with Gasteiger partial charge in [-0.3, -0.25) is 4.90 Å². The Morgan fingerprint density at radius 1 is 0.769 bits per heavy atom. The van der Waals surface area contributed by atoms with E-state index in [-0.39, 0.29) is 5.92 Å². The Labute approximate surface area is 236 Å². The Hall–Kier alpha value is -3.79. The third-order valence-corrected chi connectivity index (χ3v) is 6.83. The van der Waals surface area contributed by atoms with Gasteiger partial charge in [0, 0.05) is 28.4 Å². The molecule has 1 aromatic heterocycles. The number of hydrogen-bond donors (Lipinski definition) is 0. The zero-order chi connectivity index (χ0) is 29.0. The van der Waals surface area contributed by atoms with E-state index in [1.165, 1.54) is 16.7 Å². The van der Waals surface area contributed by atoms with E-state index in [9.17, 15) is 0 Å². The van der Waals surface area contributed by atoms with Gasteiger partial charge in [-0.1, -0.05) is 80.5 Å². The van der Waals surface area contributed by atoms with Crippen LogP contribution in [-0.2, 0) is 0 Å². The summed E-state index contributed by atoms with van der Waals surface area (Å²) in [6, 6.07) is 8.78. The molecule has 2 aromatic carbocycles. The first kappa shape index (κ1) is 29.8. The lowest BCUT2D eigenvalue weighted by molar-refractivity contribution is 0.853. The van der Waals surface area contributed by atoms with Crippen LogP contribution in [0.5, 0.6) is 0 Å². The molecule has 0 N–H and O–H groups in total. The number of allylic oxidation sites excluding steroid dienone is 5. The number of aromatic nitrogens is 3. The first-order valence-electron chi connectivity index (χ1n) is 13.9. The summed E-state index contributed by atoms with van der Waals surface area (Å²) >= 11 is 0. The van der Waals surface area contributed by atoms with Crippen molar-refractivity contribution in [2.45, 2.75) is 76.2 Å². The molecular weight excluding hydrogens is 476 g/mol. The Morgan fingerprint density at radius 3 is 1.59 bits per heavy atom. The number of anilines is 1. The lowest BCUT2D eigenvalue weighted by Crippen LogP contribution is -2.21. The molecule has 204 valence electrons. The highest BCUT2D eigenvalue weighted by atomic mass is 15.3. The third kappa shape index (κ3) is 6.27. The summed E-state index contributed by atoms with van der Waals surface area (Å²) in [6.45, 7) is 27.3. The van der Waals surface area contributed by atoms with Crippen molar-refractivity contribution in [3.8, 4) is 22.8 Å². The summed E-state index contributed by atoms with van der Waals surface area (Å²) in [5.41, 5.74) is 12.6. The van der Waals surface area contributed by atoms with Gasteiger partial charge in [0.25, 0.3) is 0 Å². The van der Waals surface area contributed by atoms with Crippen molar-refractivity contribution in [1.82, 2.24) is 15.0 Å². The SMILES string of the molecule is C=CC1=CC(C)/C(=C\C=C(C)C)N1c1nc(-c2c(C)cc(C)cc2C)nc(-c2c(C)cc(C)cc2C)n1.CC. The van der Waals surface area contributed by atoms with E-state index in [0.29, 0.717) is 17.6 Å². The minimum absolute atomic E-state index is 0.206. The third-order valence-electron chi connectivity index (χ3n) is 6.83. The average molecular weight is 521 g/mol. The Kier molecular flexibility index (Phi) is 9.45. The minimum atomic E-state index is 0.206. The fraction of sp³-hybridized carbons (Fsp3) is 0.343. The number of benzene rings is 2. The molecule has 0 radical (unpaired) electrons. The van der Waals surface area contributed by atoms with Gasteiger partial charge in [0.1, 0.15) is 0 Å². The van der Waals surface area contributed by atoms with E-state index in [0.717, 1.165) is 44.8 Å². The van der Waals surface area contributed by atoms with Gasteiger partial charge in [0.15, 0.2) is 11.6 Å². The Morgan fingerprint density at radius 2 is 1.21 bits per heavy atom. The molecule has 0 spiro atoms. The van der Waals surface area contributed by atoms with Crippen molar-refractivity contribution in [2.24, 2.45) is 5.92 Å². The quantitative estimate of drug-likeness (QED) is 0.336. The Balaban J connectivity index is 0.00000205. The summed E-state index contributed by atoms with van der Waals surface area (Å²) in [5.74, 6) is 2.21. The molecule has 1 atom stereocenters. The van der Waals surface area contributed by atoms with Crippen molar-refractivity contribution >= 4 is 5.95 Å². The molecule has 0 saturated heterocycles. The van der Waals surface area contributed by atoms with E-state index in [1.54, 1.807) is 0 Å². The van der Waals surface area contributed by atoms with E-state index < -0.39 is 0 Å². The van der Waals surface area contributed by atoms with Crippen LogP contribution in [0.3, 0.4) is 0 Å². The lowest BCUT2D eigenvalue weighted by atomic mass is 9.98. The summed E-state index contributed by atoms with van der Waals surface area (Å²) in [6.07, 6.45) is 8.41. The first-order valence-corrected chi connectivity index (χ1v) is 13.9. The fourth-order valence-corrected chi connectivity index (χ4v) is 5.39. The van der Waals surface area contributed by atoms with E-state index in [4.69, 9.17) is 15.0 Å². The van der Waals surface area contributed by atoms with Crippen LogP contribution in [0.15, 0.2) is 72.1 Å². The summed E-state index contributed by atoms with van der Waals surface area (Å²) in [5, 5.41) is 0.